The Balaban J connectivity index is 1.81. The van der Waals surface area contributed by atoms with Crippen molar-refractivity contribution in [3.63, 3.8) is 0 Å². The maximum Gasteiger partial charge on any atom is 0.0453 e. The second-order valence-corrected chi connectivity index (χ2v) is 6.05. The van der Waals surface area contributed by atoms with Crippen molar-refractivity contribution >= 4 is 39.1 Å². The minimum absolute atomic E-state index is 0.677. The molecular weight excluding hydrogens is 345 g/mol. The largest absolute Gasteiger partial charge is 0.312 e. The predicted octanol–water partition coefficient (Wildman–Crippen LogP) is 5.09. The Morgan fingerprint density at radius 1 is 1.05 bits per heavy atom. The van der Waals surface area contributed by atoms with Gasteiger partial charge >= 0.3 is 0 Å². The molecule has 0 bridgehead atoms. The summed E-state index contributed by atoms with van der Waals surface area (Å²) < 4.78 is 1.10. The van der Waals surface area contributed by atoms with Gasteiger partial charge in [0.1, 0.15) is 0 Å². The standard InChI is InChI=1S/C15H14BrCl2N/c16-13-3-1-2-11(8-13)10-19-7-6-12-4-5-14(17)9-15(12)18/h1-5,8-9,19H,6-7,10H2. The molecule has 0 aliphatic rings. The summed E-state index contributed by atoms with van der Waals surface area (Å²) in [6, 6.07) is 13.9. The molecule has 100 valence electrons. The Bertz CT molecular complexity index is 558. The molecule has 4 heteroatoms. The van der Waals surface area contributed by atoms with Crippen LogP contribution in [0.5, 0.6) is 0 Å². The van der Waals surface area contributed by atoms with Crippen LogP contribution in [0.3, 0.4) is 0 Å². The zero-order chi connectivity index (χ0) is 13.7. The quantitative estimate of drug-likeness (QED) is 0.734. The van der Waals surface area contributed by atoms with Gasteiger partial charge in [-0.3, -0.25) is 0 Å². The van der Waals surface area contributed by atoms with E-state index in [1.807, 2.05) is 24.3 Å². The van der Waals surface area contributed by atoms with Gasteiger partial charge < -0.3 is 5.32 Å². The topological polar surface area (TPSA) is 12.0 Å². The van der Waals surface area contributed by atoms with Gasteiger partial charge in [0.2, 0.25) is 0 Å². The lowest BCUT2D eigenvalue weighted by atomic mass is 10.1. The number of rotatable bonds is 5. The maximum atomic E-state index is 6.13. The third-order valence-corrected chi connectivity index (χ3v) is 3.88. The van der Waals surface area contributed by atoms with Crippen molar-refractivity contribution in [1.29, 1.82) is 0 Å². The lowest BCUT2D eigenvalue weighted by Gasteiger charge is -2.07. The van der Waals surface area contributed by atoms with Gasteiger partial charge in [-0.05, 0) is 48.4 Å². The Morgan fingerprint density at radius 2 is 1.89 bits per heavy atom. The van der Waals surface area contributed by atoms with Crippen LogP contribution >= 0.6 is 39.1 Å². The van der Waals surface area contributed by atoms with E-state index >= 15 is 0 Å². The summed E-state index contributed by atoms with van der Waals surface area (Å²) in [4.78, 5) is 0. The molecule has 2 rings (SSSR count). The van der Waals surface area contributed by atoms with Gasteiger partial charge in [0.25, 0.3) is 0 Å². The van der Waals surface area contributed by atoms with E-state index < -0.39 is 0 Å². The molecule has 0 heterocycles. The summed E-state index contributed by atoms with van der Waals surface area (Å²) in [5.41, 5.74) is 2.38. The first-order chi connectivity index (χ1) is 9.15. The monoisotopic (exact) mass is 357 g/mol. The summed E-state index contributed by atoms with van der Waals surface area (Å²) in [6.45, 7) is 1.73. The molecule has 0 amide bonds. The zero-order valence-corrected chi connectivity index (χ0v) is 13.4. The van der Waals surface area contributed by atoms with Crippen LogP contribution in [0.1, 0.15) is 11.1 Å². The molecule has 1 N–H and O–H groups in total. The average molecular weight is 359 g/mol. The van der Waals surface area contributed by atoms with E-state index in [9.17, 15) is 0 Å². The summed E-state index contributed by atoms with van der Waals surface area (Å²) >= 11 is 15.5. The van der Waals surface area contributed by atoms with E-state index in [1.54, 1.807) is 6.07 Å². The molecule has 1 nitrogen and oxygen atoms in total. The molecule has 0 spiro atoms. The van der Waals surface area contributed by atoms with Crippen molar-refractivity contribution < 1.29 is 0 Å². The Hall–Kier alpha value is -0.540. The summed E-state index contributed by atoms with van der Waals surface area (Å²) in [5.74, 6) is 0. The number of halogens is 3. The van der Waals surface area contributed by atoms with Crippen LogP contribution < -0.4 is 5.32 Å². The highest BCUT2D eigenvalue weighted by Crippen LogP contribution is 2.21. The zero-order valence-electron chi connectivity index (χ0n) is 10.3. The molecule has 0 aliphatic heterocycles. The van der Waals surface area contributed by atoms with Crippen molar-refractivity contribution in [2.45, 2.75) is 13.0 Å². The van der Waals surface area contributed by atoms with Crippen molar-refractivity contribution in [2.75, 3.05) is 6.54 Å². The minimum atomic E-state index is 0.677. The van der Waals surface area contributed by atoms with Crippen LogP contribution in [0.2, 0.25) is 10.0 Å². The van der Waals surface area contributed by atoms with E-state index in [0.717, 1.165) is 34.6 Å². The first-order valence-electron chi connectivity index (χ1n) is 6.04. The average Bonchev–Trinajstić information content (AvgIpc) is 2.37. The lowest BCUT2D eigenvalue weighted by molar-refractivity contribution is 0.687. The molecule has 2 aromatic rings. The maximum absolute atomic E-state index is 6.13. The third kappa shape index (κ3) is 4.81. The summed E-state index contributed by atoms with van der Waals surface area (Å²) in [5, 5.41) is 4.82. The SMILES string of the molecule is Clc1ccc(CCNCc2cccc(Br)c2)c(Cl)c1. The van der Waals surface area contributed by atoms with Crippen LogP contribution in [0, 0.1) is 0 Å². The van der Waals surface area contributed by atoms with Gasteiger partial charge in [-0.2, -0.15) is 0 Å². The highest BCUT2D eigenvalue weighted by atomic mass is 79.9. The molecule has 19 heavy (non-hydrogen) atoms. The van der Waals surface area contributed by atoms with Crippen molar-refractivity contribution in [1.82, 2.24) is 5.32 Å². The van der Waals surface area contributed by atoms with Crippen LogP contribution in [0.15, 0.2) is 46.9 Å². The van der Waals surface area contributed by atoms with Gasteiger partial charge in [0.15, 0.2) is 0 Å². The molecular formula is C15H14BrCl2N. The van der Waals surface area contributed by atoms with E-state index in [2.05, 4.69) is 33.4 Å². The first kappa shape index (κ1) is 14.9. The van der Waals surface area contributed by atoms with Crippen LogP contribution in [0.25, 0.3) is 0 Å². The Morgan fingerprint density at radius 3 is 2.63 bits per heavy atom. The fraction of sp³-hybridized carbons (Fsp3) is 0.200. The third-order valence-electron chi connectivity index (χ3n) is 2.80. The van der Waals surface area contributed by atoms with Crippen molar-refractivity contribution in [2.24, 2.45) is 0 Å². The molecule has 0 radical (unpaired) electrons. The molecule has 2 aromatic carbocycles. The van der Waals surface area contributed by atoms with E-state index in [0.29, 0.717) is 5.02 Å². The molecule has 0 aliphatic carbocycles. The highest BCUT2D eigenvalue weighted by molar-refractivity contribution is 9.10. The molecule has 0 fully saturated rings. The van der Waals surface area contributed by atoms with E-state index in [1.165, 1.54) is 5.56 Å². The fourth-order valence-corrected chi connectivity index (χ4v) is 2.78. The summed E-state index contributed by atoms with van der Waals surface area (Å²) in [6.07, 6.45) is 0.893. The number of benzene rings is 2. The Kier molecular flexibility index (Phi) is 5.71. The normalized spacial score (nSPS) is 10.7. The molecule has 0 atom stereocenters. The van der Waals surface area contributed by atoms with Crippen LogP contribution in [-0.4, -0.2) is 6.54 Å². The van der Waals surface area contributed by atoms with E-state index in [4.69, 9.17) is 23.2 Å². The number of nitrogens with one attached hydrogen (secondary N) is 1. The molecule has 0 unspecified atom stereocenters. The van der Waals surface area contributed by atoms with Gasteiger partial charge in [0.05, 0.1) is 0 Å². The molecule has 0 saturated heterocycles. The number of hydrogen-bond acceptors (Lipinski definition) is 1. The van der Waals surface area contributed by atoms with Gasteiger partial charge in [-0.1, -0.05) is 57.3 Å². The van der Waals surface area contributed by atoms with Crippen molar-refractivity contribution in [3.05, 3.63) is 68.1 Å². The van der Waals surface area contributed by atoms with Gasteiger partial charge in [-0.15, -0.1) is 0 Å². The minimum Gasteiger partial charge on any atom is -0.312 e. The first-order valence-corrected chi connectivity index (χ1v) is 7.59. The predicted molar refractivity (Wildman–Crippen MR) is 86.0 cm³/mol. The van der Waals surface area contributed by atoms with Crippen molar-refractivity contribution in [3.8, 4) is 0 Å². The lowest BCUT2D eigenvalue weighted by Crippen LogP contribution is -2.16. The smallest absolute Gasteiger partial charge is 0.0453 e. The Labute approximate surface area is 132 Å². The second kappa shape index (κ2) is 7.30. The molecule has 0 aromatic heterocycles. The molecule has 0 saturated carbocycles. The second-order valence-electron chi connectivity index (χ2n) is 4.29. The van der Waals surface area contributed by atoms with Gasteiger partial charge in [-0.25, -0.2) is 0 Å². The van der Waals surface area contributed by atoms with Crippen LogP contribution in [-0.2, 0) is 13.0 Å². The highest BCUT2D eigenvalue weighted by Gasteiger charge is 2.01. The van der Waals surface area contributed by atoms with Crippen LogP contribution in [0.4, 0.5) is 0 Å². The number of hydrogen-bond donors (Lipinski definition) is 1. The summed E-state index contributed by atoms with van der Waals surface area (Å²) in [7, 11) is 0. The fourth-order valence-electron chi connectivity index (χ4n) is 1.83. The van der Waals surface area contributed by atoms with E-state index in [-0.39, 0.29) is 0 Å². The van der Waals surface area contributed by atoms with Gasteiger partial charge in [0, 0.05) is 21.1 Å².